The van der Waals surface area contributed by atoms with E-state index in [2.05, 4.69) is 0 Å². The van der Waals surface area contributed by atoms with Gasteiger partial charge in [0.25, 0.3) is 0 Å². The van der Waals surface area contributed by atoms with E-state index in [4.69, 9.17) is 0 Å². The van der Waals surface area contributed by atoms with Crippen molar-refractivity contribution in [2.75, 3.05) is 19.8 Å². The smallest absolute Gasteiger partial charge is 0.248 e. The lowest BCUT2D eigenvalue weighted by Crippen LogP contribution is -2.49. The van der Waals surface area contributed by atoms with Crippen molar-refractivity contribution in [1.29, 1.82) is 0 Å². The Labute approximate surface area is 69.4 Å². The highest BCUT2D eigenvalue weighted by molar-refractivity contribution is 4.76. The van der Waals surface area contributed by atoms with Gasteiger partial charge >= 0.3 is 6.05 Å². The van der Waals surface area contributed by atoms with Gasteiger partial charge in [-0.2, -0.15) is 8.78 Å². The molecule has 0 aliphatic rings. The van der Waals surface area contributed by atoms with Crippen LogP contribution in [0.4, 0.5) is 17.6 Å². The van der Waals surface area contributed by atoms with Gasteiger partial charge < -0.3 is 0 Å². The maximum Gasteiger partial charge on any atom is 0.338 e. The van der Waals surface area contributed by atoms with Gasteiger partial charge in [-0.05, 0) is 0 Å². The molecule has 12 heavy (non-hydrogen) atoms. The summed E-state index contributed by atoms with van der Waals surface area (Å²) in [5.74, 6) is 0. The second-order valence-electron chi connectivity index (χ2n) is 2.38. The maximum atomic E-state index is 12.8. The highest BCUT2D eigenvalue weighted by Crippen LogP contribution is 2.26. The summed E-state index contributed by atoms with van der Waals surface area (Å²) in [6, 6.07) is -3.68. The lowest BCUT2D eigenvalue weighted by molar-refractivity contribution is -0.191. The van der Waals surface area contributed by atoms with Crippen LogP contribution >= 0.6 is 0 Å². The van der Waals surface area contributed by atoms with Gasteiger partial charge in [0.05, 0.1) is 0 Å². The fraction of sp³-hybridized carbons (Fsp3) is 1.00. The van der Waals surface area contributed by atoms with Crippen LogP contribution in [-0.4, -0.2) is 36.9 Å². The molecule has 0 aliphatic heterocycles. The van der Waals surface area contributed by atoms with Crippen LogP contribution in [0.25, 0.3) is 0 Å². The normalized spacial score (nSPS) is 15.2. The first-order valence-corrected chi connectivity index (χ1v) is 3.83. The minimum absolute atomic E-state index is 0.00389. The second kappa shape index (κ2) is 4.64. The van der Waals surface area contributed by atoms with E-state index >= 15 is 0 Å². The highest BCUT2D eigenvalue weighted by atomic mass is 19.3. The predicted octanol–water partition coefficient (Wildman–Crippen LogP) is 2.23. The van der Waals surface area contributed by atoms with Gasteiger partial charge in [-0.25, -0.2) is 13.7 Å². The topological polar surface area (TPSA) is 3.24 Å². The van der Waals surface area contributed by atoms with Crippen LogP contribution in [0.15, 0.2) is 0 Å². The zero-order valence-electron chi connectivity index (χ0n) is 7.16. The van der Waals surface area contributed by atoms with E-state index in [9.17, 15) is 17.6 Å². The Morgan fingerprint density at radius 2 is 1.67 bits per heavy atom. The Bertz CT molecular complexity index is 125. The molecule has 0 radical (unpaired) electrons. The lowest BCUT2D eigenvalue weighted by atomic mass is 10.3. The van der Waals surface area contributed by atoms with Crippen LogP contribution in [0.3, 0.4) is 0 Å². The maximum absolute atomic E-state index is 12.8. The first-order valence-electron chi connectivity index (χ1n) is 3.83. The summed E-state index contributed by atoms with van der Waals surface area (Å²) in [7, 11) is 0. The molecule has 0 N–H and O–H groups in total. The number of hydrogen-bond donors (Lipinski definition) is 0. The van der Waals surface area contributed by atoms with Gasteiger partial charge in [0.15, 0.2) is 0 Å². The van der Waals surface area contributed by atoms with Crippen molar-refractivity contribution < 1.29 is 17.6 Å². The summed E-state index contributed by atoms with van der Waals surface area (Å²) in [4.78, 5) is 0.594. The molecule has 0 saturated heterocycles. The number of hydrogen-bond acceptors (Lipinski definition) is 1. The molecule has 0 aliphatic carbocycles. The van der Waals surface area contributed by atoms with Crippen molar-refractivity contribution >= 4 is 0 Å². The van der Waals surface area contributed by atoms with Gasteiger partial charge in [0, 0.05) is 13.1 Å². The molecular formula is C7H13F4N. The summed E-state index contributed by atoms with van der Waals surface area (Å²) < 4.78 is 49.6. The molecule has 1 nitrogen and oxygen atoms in total. The van der Waals surface area contributed by atoms with Gasteiger partial charge in [-0.3, -0.25) is 0 Å². The molecule has 0 aromatic rings. The van der Waals surface area contributed by atoms with Gasteiger partial charge in [0.2, 0.25) is 6.17 Å². The fourth-order valence-electron chi connectivity index (χ4n) is 0.936. The fourth-order valence-corrected chi connectivity index (χ4v) is 0.936. The quantitative estimate of drug-likeness (QED) is 0.471. The van der Waals surface area contributed by atoms with Crippen molar-refractivity contribution in [2.24, 2.45) is 0 Å². The van der Waals surface area contributed by atoms with E-state index in [1.807, 2.05) is 0 Å². The summed E-state index contributed by atoms with van der Waals surface area (Å²) in [6.45, 7) is 1.31. The largest absolute Gasteiger partial charge is 0.338 e. The van der Waals surface area contributed by atoms with Crippen molar-refractivity contribution in [1.82, 2.24) is 4.90 Å². The first kappa shape index (κ1) is 11.7. The Kier molecular flexibility index (Phi) is 4.52. The third kappa shape index (κ3) is 2.33. The van der Waals surface area contributed by atoms with E-state index in [0.29, 0.717) is 4.90 Å². The molecule has 0 bridgehead atoms. The molecule has 1 atom stereocenters. The predicted molar refractivity (Wildman–Crippen MR) is 38.7 cm³/mol. The monoisotopic (exact) mass is 187 g/mol. The molecule has 0 spiro atoms. The van der Waals surface area contributed by atoms with Crippen molar-refractivity contribution in [2.45, 2.75) is 26.1 Å². The number of halogens is 4. The summed E-state index contributed by atoms with van der Waals surface area (Å²) in [5.41, 5.74) is 0. The molecule has 0 rings (SSSR count). The Balaban J connectivity index is 4.33. The van der Waals surface area contributed by atoms with Crippen molar-refractivity contribution in [3.8, 4) is 0 Å². The molecule has 0 amide bonds. The number of alkyl halides is 4. The molecule has 74 valence electrons. The summed E-state index contributed by atoms with van der Waals surface area (Å²) in [5, 5.41) is 0. The Hall–Kier alpha value is -0.320. The van der Waals surface area contributed by atoms with Gasteiger partial charge in [-0.1, -0.05) is 13.8 Å². The van der Waals surface area contributed by atoms with Crippen LogP contribution in [0.1, 0.15) is 13.8 Å². The second-order valence-corrected chi connectivity index (χ2v) is 2.38. The van der Waals surface area contributed by atoms with Crippen LogP contribution in [-0.2, 0) is 0 Å². The molecule has 0 saturated carbocycles. The molecular weight excluding hydrogens is 174 g/mol. The van der Waals surface area contributed by atoms with Crippen molar-refractivity contribution in [3.63, 3.8) is 0 Å². The number of rotatable bonds is 5. The molecule has 0 aromatic carbocycles. The highest BCUT2D eigenvalue weighted by Gasteiger charge is 2.44. The minimum Gasteiger partial charge on any atom is -0.248 e. The molecule has 0 fully saturated rings. The van der Waals surface area contributed by atoms with Gasteiger partial charge in [0.1, 0.15) is 6.67 Å². The standard InChI is InChI=1S/C7H13F4N/c1-3-12(4-2)7(10,11)6(9)5-8/h6H,3-5H2,1-2H3. The summed E-state index contributed by atoms with van der Waals surface area (Å²) in [6.07, 6.45) is -2.72. The molecule has 0 aromatic heterocycles. The first-order chi connectivity index (χ1) is 5.50. The van der Waals surface area contributed by atoms with E-state index in [1.54, 1.807) is 0 Å². The molecule has 5 heteroatoms. The zero-order valence-corrected chi connectivity index (χ0v) is 7.16. The summed E-state index contributed by atoms with van der Waals surface area (Å²) >= 11 is 0. The molecule has 0 heterocycles. The van der Waals surface area contributed by atoms with Crippen LogP contribution in [0, 0.1) is 0 Å². The molecule has 1 unspecified atom stereocenters. The third-order valence-electron chi connectivity index (χ3n) is 1.70. The lowest BCUT2D eigenvalue weighted by Gasteiger charge is -2.30. The third-order valence-corrected chi connectivity index (χ3v) is 1.70. The van der Waals surface area contributed by atoms with E-state index in [1.165, 1.54) is 13.8 Å². The van der Waals surface area contributed by atoms with E-state index < -0.39 is 18.9 Å². The zero-order chi connectivity index (χ0) is 9.78. The van der Waals surface area contributed by atoms with E-state index in [0.717, 1.165) is 0 Å². The minimum atomic E-state index is -3.68. The Morgan fingerprint density at radius 3 is 1.92 bits per heavy atom. The van der Waals surface area contributed by atoms with Crippen molar-refractivity contribution in [3.05, 3.63) is 0 Å². The number of nitrogens with zero attached hydrogens (tertiary/aromatic N) is 1. The van der Waals surface area contributed by atoms with Crippen LogP contribution in [0.5, 0.6) is 0 Å². The van der Waals surface area contributed by atoms with E-state index in [-0.39, 0.29) is 13.1 Å². The van der Waals surface area contributed by atoms with Crippen LogP contribution in [0.2, 0.25) is 0 Å². The average Bonchev–Trinajstić information content (AvgIpc) is 2.04. The SMILES string of the molecule is CCN(CC)C(F)(F)C(F)CF. The van der Waals surface area contributed by atoms with Crippen LogP contribution < -0.4 is 0 Å². The van der Waals surface area contributed by atoms with Gasteiger partial charge in [-0.15, -0.1) is 0 Å². The Morgan fingerprint density at radius 1 is 1.25 bits per heavy atom. The average molecular weight is 187 g/mol.